The van der Waals surface area contributed by atoms with Gasteiger partial charge in [-0.15, -0.1) is 0 Å². The number of nitrogens with zero attached hydrogens (tertiary/aromatic N) is 6. The molecule has 1 fully saturated rings. The van der Waals surface area contributed by atoms with Gasteiger partial charge in [0, 0.05) is 50.2 Å². The van der Waals surface area contributed by atoms with Crippen LogP contribution in [0.3, 0.4) is 0 Å². The summed E-state index contributed by atoms with van der Waals surface area (Å²) in [6.45, 7) is 3.40. The molecule has 3 aromatic heterocycles. The smallest absolute Gasteiger partial charge is 0.151 e. The Morgan fingerprint density at radius 1 is 1.04 bits per heavy atom. The van der Waals surface area contributed by atoms with Crippen molar-refractivity contribution in [3.8, 4) is 11.3 Å². The van der Waals surface area contributed by atoms with E-state index >= 15 is 0 Å². The molecule has 0 bridgehead atoms. The number of aromatic amines is 1. The summed E-state index contributed by atoms with van der Waals surface area (Å²) in [5.74, 6) is 1.74. The van der Waals surface area contributed by atoms with Crippen molar-refractivity contribution in [2.24, 2.45) is 0 Å². The predicted octanol–water partition coefficient (Wildman–Crippen LogP) is 2.24. The van der Waals surface area contributed by atoms with Crippen molar-refractivity contribution in [3.63, 3.8) is 0 Å². The van der Waals surface area contributed by atoms with Crippen LogP contribution >= 0.6 is 11.6 Å². The molecule has 0 aromatic carbocycles. The number of aromatic nitrogens is 5. The summed E-state index contributed by atoms with van der Waals surface area (Å²) in [5, 5.41) is 8.11. The first-order valence-corrected chi connectivity index (χ1v) is 8.10. The second-order valence-electron chi connectivity index (χ2n) is 5.55. The minimum Gasteiger partial charge on any atom is -0.352 e. The number of hydrogen-bond donors (Lipinski definition) is 1. The van der Waals surface area contributed by atoms with Crippen LogP contribution in [0.25, 0.3) is 11.3 Å². The van der Waals surface area contributed by atoms with Crippen LogP contribution in [0.15, 0.2) is 43.1 Å². The molecule has 4 rings (SSSR count). The van der Waals surface area contributed by atoms with Crippen LogP contribution in [0.4, 0.5) is 11.6 Å². The standard InChI is InChI=1S/C16H16ClN7/c17-13-10-19-11-20-16(13)24-6-4-23(5-7-24)15-8-14(21-22-15)12-2-1-3-18-9-12/h1-3,8-11H,4-7H2,(H,21,22). The van der Waals surface area contributed by atoms with Gasteiger partial charge >= 0.3 is 0 Å². The summed E-state index contributed by atoms with van der Waals surface area (Å²) < 4.78 is 0. The minimum atomic E-state index is 0.588. The zero-order valence-corrected chi connectivity index (χ0v) is 13.7. The molecule has 122 valence electrons. The van der Waals surface area contributed by atoms with Crippen molar-refractivity contribution in [2.45, 2.75) is 0 Å². The average Bonchev–Trinajstić information content (AvgIpc) is 3.13. The summed E-state index contributed by atoms with van der Waals surface area (Å²) >= 11 is 6.18. The SMILES string of the molecule is Clc1cncnc1N1CCN(c2cc(-c3cccnc3)[nH]n2)CC1. The van der Waals surface area contributed by atoms with E-state index in [0.717, 1.165) is 49.1 Å². The highest BCUT2D eigenvalue weighted by Crippen LogP contribution is 2.25. The molecule has 1 saturated heterocycles. The highest BCUT2D eigenvalue weighted by Gasteiger charge is 2.21. The molecule has 1 N–H and O–H groups in total. The molecule has 0 aliphatic carbocycles. The Morgan fingerprint density at radius 3 is 2.62 bits per heavy atom. The van der Waals surface area contributed by atoms with E-state index in [9.17, 15) is 0 Å². The third kappa shape index (κ3) is 2.90. The Labute approximate surface area is 144 Å². The molecule has 0 radical (unpaired) electrons. The van der Waals surface area contributed by atoms with Crippen molar-refractivity contribution in [3.05, 3.63) is 48.1 Å². The first-order chi connectivity index (χ1) is 11.8. The van der Waals surface area contributed by atoms with Gasteiger partial charge in [0.25, 0.3) is 0 Å². The number of hydrogen-bond acceptors (Lipinski definition) is 6. The highest BCUT2D eigenvalue weighted by atomic mass is 35.5. The zero-order chi connectivity index (χ0) is 16.4. The van der Waals surface area contributed by atoms with Crippen LogP contribution in [-0.4, -0.2) is 51.3 Å². The lowest BCUT2D eigenvalue weighted by molar-refractivity contribution is 0.640. The number of nitrogens with one attached hydrogen (secondary N) is 1. The quantitative estimate of drug-likeness (QED) is 0.787. The maximum Gasteiger partial charge on any atom is 0.151 e. The normalized spacial score (nSPS) is 14.9. The van der Waals surface area contributed by atoms with E-state index in [2.05, 4.69) is 41.0 Å². The molecule has 0 spiro atoms. The number of piperazine rings is 1. The fourth-order valence-electron chi connectivity index (χ4n) is 2.83. The molecule has 0 saturated carbocycles. The molecular formula is C16H16ClN7. The van der Waals surface area contributed by atoms with Gasteiger partial charge in [-0.2, -0.15) is 5.10 Å². The maximum atomic E-state index is 6.18. The van der Waals surface area contributed by atoms with E-state index in [-0.39, 0.29) is 0 Å². The van der Waals surface area contributed by atoms with Crippen LogP contribution in [0.5, 0.6) is 0 Å². The number of anilines is 2. The summed E-state index contributed by atoms with van der Waals surface area (Å²) in [6.07, 6.45) is 6.75. The van der Waals surface area contributed by atoms with Gasteiger partial charge in [0.1, 0.15) is 11.3 Å². The van der Waals surface area contributed by atoms with Crippen LogP contribution in [0, 0.1) is 0 Å². The Kier molecular flexibility index (Phi) is 4.00. The third-order valence-electron chi connectivity index (χ3n) is 4.09. The van der Waals surface area contributed by atoms with Crippen molar-refractivity contribution in [2.75, 3.05) is 36.0 Å². The van der Waals surface area contributed by atoms with Gasteiger partial charge in [0.15, 0.2) is 11.6 Å². The second kappa shape index (κ2) is 6.45. The van der Waals surface area contributed by atoms with E-state index < -0.39 is 0 Å². The van der Waals surface area contributed by atoms with Crippen molar-refractivity contribution < 1.29 is 0 Å². The van der Waals surface area contributed by atoms with Gasteiger partial charge in [-0.3, -0.25) is 10.1 Å². The van der Waals surface area contributed by atoms with E-state index in [1.54, 1.807) is 12.4 Å². The first-order valence-electron chi connectivity index (χ1n) is 7.72. The number of H-pyrrole nitrogens is 1. The molecule has 0 amide bonds. The topological polar surface area (TPSA) is 73.8 Å². The molecular weight excluding hydrogens is 326 g/mol. The lowest BCUT2D eigenvalue weighted by atomic mass is 10.2. The molecule has 4 heterocycles. The van der Waals surface area contributed by atoms with Crippen molar-refractivity contribution >= 4 is 23.2 Å². The van der Waals surface area contributed by atoms with E-state index in [4.69, 9.17) is 11.6 Å². The summed E-state index contributed by atoms with van der Waals surface area (Å²) in [7, 11) is 0. The first kappa shape index (κ1) is 14.9. The summed E-state index contributed by atoms with van der Waals surface area (Å²) in [4.78, 5) is 16.8. The van der Waals surface area contributed by atoms with E-state index in [0.29, 0.717) is 5.02 Å². The van der Waals surface area contributed by atoms with Crippen molar-refractivity contribution in [1.29, 1.82) is 0 Å². The molecule has 0 atom stereocenters. The summed E-state index contributed by atoms with van der Waals surface area (Å²) in [6, 6.07) is 5.99. The van der Waals surface area contributed by atoms with Gasteiger partial charge in [-0.1, -0.05) is 11.6 Å². The lowest BCUT2D eigenvalue weighted by Crippen LogP contribution is -2.47. The van der Waals surface area contributed by atoms with Gasteiger partial charge < -0.3 is 9.80 Å². The van der Waals surface area contributed by atoms with Crippen LogP contribution in [-0.2, 0) is 0 Å². The zero-order valence-electron chi connectivity index (χ0n) is 12.9. The molecule has 24 heavy (non-hydrogen) atoms. The minimum absolute atomic E-state index is 0.588. The largest absolute Gasteiger partial charge is 0.352 e. The average molecular weight is 342 g/mol. The fraction of sp³-hybridized carbons (Fsp3) is 0.250. The predicted molar refractivity (Wildman–Crippen MR) is 93.3 cm³/mol. The molecule has 1 aliphatic rings. The Hall–Kier alpha value is -2.67. The van der Waals surface area contributed by atoms with E-state index in [1.165, 1.54) is 6.33 Å². The van der Waals surface area contributed by atoms with Gasteiger partial charge in [-0.05, 0) is 12.1 Å². The Balaban J connectivity index is 1.45. The van der Waals surface area contributed by atoms with Crippen LogP contribution in [0.2, 0.25) is 5.02 Å². The Morgan fingerprint density at radius 2 is 1.88 bits per heavy atom. The lowest BCUT2D eigenvalue weighted by Gasteiger charge is -2.35. The van der Waals surface area contributed by atoms with E-state index in [1.807, 2.05) is 18.3 Å². The monoisotopic (exact) mass is 341 g/mol. The van der Waals surface area contributed by atoms with Crippen molar-refractivity contribution in [1.82, 2.24) is 25.1 Å². The number of halogens is 1. The Bertz CT molecular complexity index is 812. The molecule has 8 heteroatoms. The van der Waals surface area contributed by atoms with Gasteiger partial charge in [-0.25, -0.2) is 9.97 Å². The van der Waals surface area contributed by atoms with Crippen LogP contribution < -0.4 is 9.80 Å². The molecule has 0 unspecified atom stereocenters. The molecule has 3 aromatic rings. The molecule has 1 aliphatic heterocycles. The molecule has 7 nitrogen and oxygen atoms in total. The fourth-order valence-corrected chi connectivity index (χ4v) is 3.05. The number of pyridine rings is 1. The van der Waals surface area contributed by atoms with Gasteiger partial charge in [0.2, 0.25) is 0 Å². The second-order valence-corrected chi connectivity index (χ2v) is 5.96. The maximum absolute atomic E-state index is 6.18. The van der Waals surface area contributed by atoms with Gasteiger partial charge in [0.05, 0.1) is 11.9 Å². The van der Waals surface area contributed by atoms with Crippen LogP contribution in [0.1, 0.15) is 0 Å². The third-order valence-corrected chi connectivity index (χ3v) is 4.35. The summed E-state index contributed by atoms with van der Waals surface area (Å²) in [5.41, 5.74) is 2.00. The highest BCUT2D eigenvalue weighted by molar-refractivity contribution is 6.32. The number of rotatable bonds is 3.